The Hall–Kier alpha value is -1.94. The molecule has 0 bridgehead atoms. The first-order valence-electron chi connectivity index (χ1n) is 7.14. The van der Waals surface area contributed by atoms with Crippen molar-refractivity contribution in [3.05, 3.63) is 74.9 Å². The van der Waals surface area contributed by atoms with Gasteiger partial charge in [-0.2, -0.15) is 5.10 Å². The highest BCUT2D eigenvalue weighted by Gasteiger charge is 2.09. The standard InChI is InChI=1S/C18H13Cl3N2O/c1-11-15(20)3-2-4-17(11)23-22-10-13-6-8-18(24-13)14-9-12(19)5-7-16(14)21/h2-10,23H,1H3. The van der Waals surface area contributed by atoms with E-state index in [0.29, 0.717) is 26.6 Å². The van der Waals surface area contributed by atoms with E-state index in [4.69, 9.17) is 39.2 Å². The maximum atomic E-state index is 6.18. The first-order chi connectivity index (χ1) is 11.5. The molecule has 0 aliphatic carbocycles. The van der Waals surface area contributed by atoms with Crippen molar-refractivity contribution in [1.29, 1.82) is 0 Å². The van der Waals surface area contributed by atoms with Gasteiger partial charge in [-0.05, 0) is 55.0 Å². The third-order valence-corrected chi connectivity index (χ3v) is 4.44. The molecule has 0 fully saturated rings. The predicted octanol–water partition coefficient (Wildman–Crippen LogP) is 6.66. The summed E-state index contributed by atoms with van der Waals surface area (Å²) in [7, 11) is 0. The maximum absolute atomic E-state index is 6.18. The highest BCUT2D eigenvalue weighted by molar-refractivity contribution is 6.35. The molecule has 3 aromatic rings. The average molecular weight is 380 g/mol. The topological polar surface area (TPSA) is 37.5 Å². The molecule has 6 heteroatoms. The average Bonchev–Trinajstić information content (AvgIpc) is 3.02. The molecule has 3 rings (SSSR count). The van der Waals surface area contributed by atoms with Crippen LogP contribution in [0, 0.1) is 6.92 Å². The van der Waals surface area contributed by atoms with E-state index in [0.717, 1.165) is 16.8 Å². The quantitative estimate of drug-likeness (QED) is 0.406. The zero-order valence-corrected chi connectivity index (χ0v) is 15.0. The van der Waals surface area contributed by atoms with Crippen LogP contribution in [0.3, 0.4) is 0 Å². The van der Waals surface area contributed by atoms with E-state index in [2.05, 4.69) is 10.5 Å². The summed E-state index contributed by atoms with van der Waals surface area (Å²) in [6, 6.07) is 14.5. The normalized spacial score (nSPS) is 11.2. The van der Waals surface area contributed by atoms with Crippen LogP contribution in [0.1, 0.15) is 11.3 Å². The van der Waals surface area contributed by atoms with Crippen molar-refractivity contribution in [2.75, 3.05) is 5.43 Å². The van der Waals surface area contributed by atoms with Gasteiger partial charge in [0, 0.05) is 15.6 Å². The van der Waals surface area contributed by atoms with Crippen LogP contribution in [-0.4, -0.2) is 6.21 Å². The molecule has 0 aliphatic rings. The second-order valence-electron chi connectivity index (χ2n) is 5.11. The highest BCUT2D eigenvalue weighted by atomic mass is 35.5. The Balaban J connectivity index is 1.76. The molecule has 0 atom stereocenters. The van der Waals surface area contributed by atoms with Gasteiger partial charge >= 0.3 is 0 Å². The van der Waals surface area contributed by atoms with Gasteiger partial charge in [0.15, 0.2) is 0 Å². The van der Waals surface area contributed by atoms with Gasteiger partial charge in [-0.3, -0.25) is 5.43 Å². The largest absolute Gasteiger partial charge is 0.455 e. The number of nitrogens with zero attached hydrogens (tertiary/aromatic N) is 1. The lowest BCUT2D eigenvalue weighted by Gasteiger charge is -2.05. The predicted molar refractivity (Wildman–Crippen MR) is 102 cm³/mol. The fourth-order valence-corrected chi connectivity index (χ4v) is 2.70. The second-order valence-corrected chi connectivity index (χ2v) is 6.36. The lowest BCUT2D eigenvalue weighted by atomic mass is 10.2. The van der Waals surface area contributed by atoms with Gasteiger partial charge in [-0.1, -0.05) is 40.9 Å². The Morgan fingerprint density at radius 2 is 1.83 bits per heavy atom. The molecule has 0 radical (unpaired) electrons. The van der Waals surface area contributed by atoms with Gasteiger partial charge < -0.3 is 4.42 Å². The van der Waals surface area contributed by atoms with Crippen molar-refractivity contribution < 1.29 is 4.42 Å². The van der Waals surface area contributed by atoms with Crippen molar-refractivity contribution in [2.45, 2.75) is 6.92 Å². The summed E-state index contributed by atoms with van der Waals surface area (Å²) < 4.78 is 5.74. The molecule has 0 amide bonds. The smallest absolute Gasteiger partial charge is 0.147 e. The molecule has 1 heterocycles. The molecule has 24 heavy (non-hydrogen) atoms. The molecule has 0 unspecified atom stereocenters. The van der Waals surface area contributed by atoms with Crippen molar-refractivity contribution in [1.82, 2.24) is 0 Å². The van der Waals surface area contributed by atoms with Crippen molar-refractivity contribution in [3.63, 3.8) is 0 Å². The Bertz CT molecular complexity index is 903. The van der Waals surface area contributed by atoms with Gasteiger partial charge in [-0.15, -0.1) is 0 Å². The third kappa shape index (κ3) is 3.75. The lowest BCUT2D eigenvalue weighted by Crippen LogP contribution is -1.92. The van der Waals surface area contributed by atoms with Crippen LogP contribution in [0.15, 0.2) is 58.0 Å². The molecule has 122 valence electrons. The Morgan fingerprint density at radius 1 is 1.00 bits per heavy atom. The molecule has 3 nitrogen and oxygen atoms in total. The summed E-state index contributed by atoms with van der Waals surface area (Å²) in [6.07, 6.45) is 1.59. The van der Waals surface area contributed by atoms with Crippen molar-refractivity contribution >= 4 is 46.7 Å². The second kappa shape index (κ2) is 7.31. The molecular formula is C18H13Cl3N2O. The third-order valence-electron chi connectivity index (χ3n) is 3.47. The van der Waals surface area contributed by atoms with E-state index in [1.165, 1.54) is 0 Å². The van der Waals surface area contributed by atoms with E-state index in [-0.39, 0.29) is 0 Å². The number of anilines is 1. The molecule has 0 saturated carbocycles. The minimum absolute atomic E-state index is 0.574. The van der Waals surface area contributed by atoms with E-state index in [9.17, 15) is 0 Å². The number of nitrogens with one attached hydrogen (secondary N) is 1. The molecule has 1 N–H and O–H groups in total. The summed E-state index contributed by atoms with van der Waals surface area (Å²) in [5, 5.41) is 6.03. The van der Waals surface area contributed by atoms with Gasteiger partial charge in [0.2, 0.25) is 0 Å². The number of benzene rings is 2. The van der Waals surface area contributed by atoms with E-state index in [1.807, 2.05) is 37.3 Å². The Kier molecular flexibility index (Phi) is 5.14. The number of halogens is 3. The van der Waals surface area contributed by atoms with Crippen LogP contribution in [0.2, 0.25) is 15.1 Å². The number of hydrogen-bond donors (Lipinski definition) is 1. The van der Waals surface area contributed by atoms with Crippen molar-refractivity contribution in [3.8, 4) is 11.3 Å². The van der Waals surface area contributed by atoms with Gasteiger partial charge in [-0.25, -0.2) is 0 Å². The van der Waals surface area contributed by atoms with Crippen LogP contribution in [0.5, 0.6) is 0 Å². The minimum Gasteiger partial charge on any atom is -0.455 e. The summed E-state index contributed by atoms with van der Waals surface area (Å²) in [4.78, 5) is 0. The van der Waals surface area contributed by atoms with Crippen LogP contribution in [0.4, 0.5) is 5.69 Å². The zero-order chi connectivity index (χ0) is 17.1. The zero-order valence-electron chi connectivity index (χ0n) is 12.7. The van der Waals surface area contributed by atoms with E-state index >= 15 is 0 Å². The molecule has 2 aromatic carbocycles. The van der Waals surface area contributed by atoms with Crippen LogP contribution < -0.4 is 5.43 Å². The Labute approximate surface area is 154 Å². The number of hydrazone groups is 1. The molecular weight excluding hydrogens is 367 g/mol. The van der Waals surface area contributed by atoms with Crippen LogP contribution >= 0.6 is 34.8 Å². The first kappa shape index (κ1) is 16.9. The summed E-state index contributed by atoms with van der Waals surface area (Å²) >= 11 is 18.3. The maximum Gasteiger partial charge on any atom is 0.147 e. The Morgan fingerprint density at radius 3 is 2.67 bits per heavy atom. The summed E-state index contributed by atoms with van der Waals surface area (Å²) in [5.74, 6) is 1.22. The fraction of sp³-hybridized carbons (Fsp3) is 0.0556. The van der Waals surface area contributed by atoms with Crippen molar-refractivity contribution in [2.24, 2.45) is 5.10 Å². The molecule has 1 aromatic heterocycles. The fourth-order valence-electron chi connectivity index (χ4n) is 2.15. The monoisotopic (exact) mass is 378 g/mol. The van der Waals surface area contributed by atoms with E-state index in [1.54, 1.807) is 24.4 Å². The van der Waals surface area contributed by atoms with Gasteiger partial charge in [0.25, 0.3) is 0 Å². The first-order valence-corrected chi connectivity index (χ1v) is 8.27. The van der Waals surface area contributed by atoms with Gasteiger partial charge in [0.1, 0.15) is 11.5 Å². The molecule has 0 spiro atoms. The van der Waals surface area contributed by atoms with Crippen LogP contribution in [-0.2, 0) is 0 Å². The highest BCUT2D eigenvalue weighted by Crippen LogP contribution is 2.31. The molecule has 0 aliphatic heterocycles. The number of rotatable bonds is 4. The minimum atomic E-state index is 0.574. The molecule has 0 saturated heterocycles. The van der Waals surface area contributed by atoms with Crippen LogP contribution in [0.25, 0.3) is 11.3 Å². The van der Waals surface area contributed by atoms with Gasteiger partial charge in [0.05, 0.1) is 16.9 Å². The lowest BCUT2D eigenvalue weighted by molar-refractivity contribution is 0.575. The number of furan rings is 1. The summed E-state index contributed by atoms with van der Waals surface area (Å²) in [6.45, 7) is 1.92. The SMILES string of the molecule is Cc1c(Cl)cccc1NN=Cc1ccc(-c2cc(Cl)ccc2Cl)o1. The van der Waals surface area contributed by atoms with E-state index < -0.39 is 0 Å². The number of hydrogen-bond acceptors (Lipinski definition) is 3. The summed E-state index contributed by atoms with van der Waals surface area (Å²) in [5.41, 5.74) is 5.46.